The van der Waals surface area contributed by atoms with Crippen LogP contribution < -0.4 is 5.32 Å². The largest absolute Gasteiger partial charge is 0.462 e. The monoisotopic (exact) mass is 430 g/mol. The molecule has 2 heterocycles. The number of hydrogen-bond acceptors (Lipinski definition) is 5. The van der Waals surface area contributed by atoms with Crippen molar-refractivity contribution >= 4 is 24.0 Å². The van der Waals surface area contributed by atoms with Gasteiger partial charge in [-0.1, -0.05) is 42.0 Å². The van der Waals surface area contributed by atoms with Crippen LogP contribution in [0.1, 0.15) is 34.2 Å². The zero-order valence-corrected chi connectivity index (χ0v) is 17.8. The van der Waals surface area contributed by atoms with Gasteiger partial charge in [0.2, 0.25) is 0 Å². The summed E-state index contributed by atoms with van der Waals surface area (Å²) in [6.45, 7) is 4.22. The maximum atomic E-state index is 12.7. The first-order chi connectivity index (χ1) is 15.4. The van der Waals surface area contributed by atoms with Gasteiger partial charge in [-0.2, -0.15) is 0 Å². The van der Waals surface area contributed by atoms with Gasteiger partial charge < -0.3 is 14.5 Å². The lowest BCUT2D eigenvalue weighted by Gasteiger charge is -2.12. The van der Waals surface area contributed by atoms with Crippen molar-refractivity contribution in [3.8, 4) is 11.3 Å². The summed E-state index contributed by atoms with van der Waals surface area (Å²) >= 11 is 0. The second-order valence-corrected chi connectivity index (χ2v) is 7.37. The lowest BCUT2D eigenvalue weighted by atomic mass is 10.1. The van der Waals surface area contributed by atoms with Crippen LogP contribution in [0, 0.1) is 6.92 Å². The van der Waals surface area contributed by atoms with E-state index in [-0.39, 0.29) is 18.2 Å². The van der Waals surface area contributed by atoms with Gasteiger partial charge in [0.15, 0.2) is 0 Å². The first-order valence-corrected chi connectivity index (χ1v) is 10.2. The van der Waals surface area contributed by atoms with Crippen molar-refractivity contribution in [2.24, 2.45) is 0 Å². The third-order valence-electron chi connectivity index (χ3n) is 4.98. The minimum Gasteiger partial charge on any atom is -0.462 e. The topological polar surface area (TPSA) is 88.9 Å². The number of hydrogen-bond donors (Lipinski definition) is 1. The molecule has 1 fully saturated rings. The molecule has 1 aromatic heterocycles. The second kappa shape index (κ2) is 8.93. The molecule has 1 aliphatic rings. The van der Waals surface area contributed by atoms with E-state index in [2.05, 4.69) is 5.32 Å². The van der Waals surface area contributed by atoms with Gasteiger partial charge in [-0.15, -0.1) is 0 Å². The number of aryl methyl sites for hydroxylation is 1. The molecular weight excluding hydrogens is 408 g/mol. The minimum absolute atomic E-state index is 0.154. The fourth-order valence-corrected chi connectivity index (χ4v) is 3.42. The van der Waals surface area contributed by atoms with E-state index in [0.29, 0.717) is 23.7 Å². The molecule has 3 amide bonds. The van der Waals surface area contributed by atoms with Crippen LogP contribution in [0.15, 0.2) is 70.8 Å². The lowest BCUT2D eigenvalue weighted by molar-refractivity contribution is -0.123. The summed E-state index contributed by atoms with van der Waals surface area (Å²) in [5.41, 5.74) is 3.31. The number of carbonyl (C=O) groups excluding carboxylic acids is 3. The van der Waals surface area contributed by atoms with Crippen LogP contribution in [0.2, 0.25) is 0 Å². The average molecular weight is 430 g/mol. The molecule has 0 bridgehead atoms. The molecule has 1 N–H and O–H groups in total. The molecule has 162 valence electrons. The minimum atomic E-state index is -0.468. The van der Waals surface area contributed by atoms with Crippen molar-refractivity contribution in [2.45, 2.75) is 20.4 Å². The van der Waals surface area contributed by atoms with E-state index in [1.807, 2.05) is 31.2 Å². The number of amides is 3. The zero-order valence-electron chi connectivity index (χ0n) is 17.8. The van der Waals surface area contributed by atoms with Crippen molar-refractivity contribution in [2.75, 3.05) is 6.61 Å². The third kappa shape index (κ3) is 4.46. The molecule has 7 heteroatoms. The Morgan fingerprint density at radius 1 is 1.09 bits per heavy atom. The van der Waals surface area contributed by atoms with E-state index in [9.17, 15) is 14.4 Å². The first kappa shape index (κ1) is 21.1. The number of nitrogens with zero attached hydrogens (tertiary/aromatic N) is 1. The summed E-state index contributed by atoms with van der Waals surface area (Å²) in [5, 5.41) is 2.61. The van der Waals surface area contributed by atoms with E-state index in [1.54, 1.807) is 43.3 Å². The number of urea groups is 1. The maximum absolute atomic E-state index is 12.7. The summed E-state index contributed by atoms with van der Waals surface area (Å²) < 4.78 is 10.8. The Balaban J connectivity index is 1.48. The number of ether oxygens (including phenoxy) is 1. The Hall–Kier alpha value is -4.13. The molecule has 0 aliphatic carbocycles. The Bertz CT molecular complexity index is 1210. The summed E-state index contributed by atoms with van der Waals surface area (Å²) in [6.07, 6.45) is 1.51. The van der Waals surface area contributed by atoms with E-state index in [1.165, 1.54) is 11.0 Å². The predicted octanol–water partition coefficient (Wildman–Crippen LogP) is 4.52. The summed E-state index contributed by atoms with van der Waals surface area (Å²) in [7, 11) is 0. The first-order valence-electron chi connectivity index (χ1n) is 10.2. The highest BCUT2D eigenvalue weighted by Crippen LogP contribution is 2.25. The predicted molar refractivity (Wildman–Crippen MR) is 118 cm³/mol. The van der Waals surface area contributed by atoms with E-state index >= 15 is 0 Å². The molecular formula is C25H22N2O5. The van der Waals surface area contributed by atoms with Crippen LogP contribution in [0.3, 0.4) is 0 Å². The molecule has 0 spiro atoms. The standard InChI is InChI=1S/C25H22N2O5/c1-3-31-24(29)19-9-7-18(8-10-19)22-12-11-20(32-22)14-21-23(28)27(25(30)26-21)15-17-6-4-5-16(2)13-17/h4-14H,3,15H2,1-2H3,(H,26,30)/b21-14+. The van der Waals surface area contributed by atoms with Crippen LogP contribution in [0.25, 0.3) is 17.4 Å². The Kier molecular flexibility index (Phi) is 5.89. The number of carbonyl (C=O) groups is 3. The van der Waals surface area contributed by atoms with Gasteiger partial charge in [-0.05, 0) is 43.7 Å². The van der Waals surface area contributed by atoms with Crippen molar-refractivity contribution < 1.29 is 23.5 Å². The lowest BCUT2D eigenvalue weighted by Crippen LogP contribution is -2.30. The van der Waals surface area contributed by atoms with E-state index < -0.39 is 11.9 Å². The van der Waals surface area contributed by atoms with Gasteiger partial charge in [-0.3, -0.25) is 9.69 Å². The number of rotatable bonds is 6. The van der Waals surface area contributed by atoms with Gasteiger partial charge >= 0.3 is 12.0 Å². The second-order valence-electron chi connectivity index (χ2n) is 7.37. The van der Waals surface area contributed by atoms with Crippen LogP contribution in [0.5, 0.6) is 0 Å². The molecule has 1 aliphatic heterocycles. The van der Waals surface area contributed by atoms with E-state index in [0.717, 1.165) is 16.7 Å². The van der Waals surface area contributed by atoms with Gasteiger partial charge in [-0.25, -0.2) is 9.59 Å². The maximum Gasteiger partial charge on any atom is 0.338 e. The van der Waals surface area contributed by atoms with Crippen molar-refractivity contribution in [1.29, 1.82) is 0 Å². The van der Waals surface area contributed by atoms with Gasteiger partial charge in [0.1, 0.15) is 17.2 Å². The molecule has 0 saturated carbocycles. The van der Waals surface area contributed by atoms with Crippen molar-refractivity contribution in [3.05, 3.63) is 88.8 Å². The van der Waals surface area contributed by atoms with Gasteiger partial charge in [0.25, 0.3) is 5.91 Å². The van der Waals surface area contributed by atoms with Crippen molar-refractivity contribution in [3.63, 3.8) is 0 Å². The Labute approximate surface area is 185 Å². The number of nitrogens with one attached hydrogen (secondary N) is 1. The summed E-state index contributed by atoms with van der Waals surface area (Å²) in [5.74, 6) is 0.207. The highest BCUT2D eigenvalue weighted by Gasteiger charge is 2.33. The number of esters is 1. The number of furan rings is 1. The number of imide groups is 1. The number of benzene rings is 2. The van der Waals surface area contributed by atoms with Crippen LogP contribution in [0.4, 0.5) is 4.79 Å². The van der Waals surface area contributed by atoms with Crippen molar-refractivity contribution in [1.82, 2.24) is 10.2 Å². The molecule has 0 radical (unpaired) electrons. The van der Waals surface area contributed by atoms with E-state index in [4.69, 9.17) is 9.15 Å². The van der Waals surface area contributed by atoms with Crippen LogP contribution >= 0.6 is 0 Å². The van der Waals surface area contributed by atoms with Gasteiger partial charge in [0, 0.05) is 11.6 Å². The molecule has 7 nitrogen and oxygen atoms in total. The summed E-state index contributed by atoms with van der Waals surface area (Å²) in [4.78, 5) is 38.0. The smallest absolute Gasteiger partial charge is 0.338 e. The highest BCUT2D eigenvalue weighted by atomic mass is 16.5. The Morgan fingerprint density at radius 2 is 1.88 bits per heavy atom. The molecule has 3 aromatic rings. The molecule has 0 unspecified atom stereocenters. The molecule has 1 saturated heterocycles. The fourth-order valence-electron chi connectivity index (χ4n) is 3.42. The molecule has 2 aromatic carbocycles. The average Bonchev–Trinajstić information content (AvgIpc) is 3.34. The summed E-state index contributed by atoms with van der Waals surface area (Å²) in [6, 6.07) is 17.5. The normalized spacial score (nSPS) is 14.7. The fraction of sp³-hybridized carbons (Fsp3) is 0.160. The van der Waals surface area contributed by atoms with Crippen LogP contribution in [-0.4, -0.2) is 29.4 Å². The highest BCUT2D eigenvalue weighted by molar-refractivity contribution is 6.13. The Morgan fingerprint density at radius 3 is 2.59 bits per heavy atom. The van der Waals surface area contributed by atoms with Crippen LogP contribution in [-0.2, 0) is 16.1 Å². The molecule has 4 rings (SSSR count). The zero-order chi connectivity index (χ0) is 22.7. The third-order valence-corrected chi connectivity index (χ3v) is 4.98. The molecule has 0 atom stereocenters. The SMILES string of the molecule is CCOC(=O)c1ccc(-c2ccc(/C=C3/NC(=O)N(Cc4cccc(C)c4)C3=O)o2)cc1. The van der Waals surface area contributed by atoms with Gasteiger partial charge in [0.05, 0.1) is 18.7 Å². The molecule has 32 heavy (non-hydrogen) atoms. The quantitative estimate of drug-likeness (QED) is 0.353.